The van der Waals surface area contributed by atoms with Crippen LogP contribution in [0.3, 0.4) is 0 Å². The van der Waals surface area contributed by atoms with E-state index in [0.717, 1.165) is 12.4 Å². The molecule has 0 atom stereocenters. The van der Waals surface area contributed by atoms with Gasteiger partial charge in [-0.05, 0) is 73.6 Å². The smallest absolute Gasteiger partial charge is 0.155 e. The van der Waals surface area contributed by atoms with Gasteiger partial charge in [0.05, 0.1) is 12.3 Å². The van der Waals surface area contributed by atoms with Gasteiger partial charge < -0.3 is 0 Å². The summed E-state index contributed by atoms with van der Waals surface area (Å²) >= 11 is 0. The predicted octanol–water partition coefficient (Wildman–Crippen LogP) is 6.75. The molecule has 1 aliphatic heterocycles. The largest absolute Gasteiger partial charge is 0.260 e. The molecule has 2 heteroatoms. The molecule has 1 heterocycles. The molecule has 154 valence electrons. The number of rotatable bonds is 2. The van der Waals surface area contributed by atoms with Crippen molar-refractivity contribution in [1.82, 2.24) is 0 Å². The standard InChI is InChI=1S/C23H24N2.2C2H6/c1-3-11-18-16(7-1)9-5-13-20(18)22-15-24-23(25-22)21-14-6-10-17-8-2-4-12-19(17)21;2*1-2/h5-6,9-10,13-14H,1-4,7-8,11-12,15H2;2*1-2H3. The van der Waals surface area contributed by atoms with Crippen LogP contribution in [0.4, 0.5) is 0 Å². The van der Waals surface area contributed by atoms with Crippen LogP contribution in [-0.4, -0.2) is 18.1 Å². The van der Waals surface area contributed by atoms with E-state index in [4.69, 9.17) is 9.98 Å². The van der Waals surface area contributed by atoms with Crippen molar-refractivity contribution in [2.45, 2.75) is 79.1 Å². The van der Waals surface area contributed by atoms with Gasteiger partial charge in [-0.15, -0.1) is 0 Å². The fourth-order valence-electron chi connectivity index (χ4n) is 4.68. The first-order valence-corrected chi connectivity index (χ1v) is 11.7. The van der Waals surface area contributed by atoms with Gasteiger partial charge in [-0.2, -0.15) is 0 Å². The average Bonchev–Trinajstić information content (AvgIpc) is 3.31. The average molecular weight is 389 g/mol. The minimum atomic E-state index is 0.732. The number of hydrogen-bond donors (Lipinski definition) is 0. The lowest BCUT2D eigenvalue weighted by atomic mass is 9.87. The highest BCUT2D eigenvalue weighted by molar-refractivity contribution is 6.18. The third kappa shape index (κ3) is 4.52. The molecule has 0 saturated carbocycles. The number of nitrogens with zero attached hydrogens (tertiary/aromatic N) is 2. The summed E-state index contributed by atoms with van der Waals surface area (Å²) in [5.41, 5.74) is 9.84. The maximum atomic E-state index is 5.01. The van der Waals surface area contributed by atoms with E-state index < -0.39 is 0 Å². The van der Waals surface area contributed by atoms with Gasteiger partial charge in [-0.1, -0.05) is 64.1 Å². The molecular weight excluding hydrogens is 352 g/mol. The van der Waals surface area contributed by atoms with Crippen molar-refractivity contribution in [1.29, 1.82) is 0 Å². The van der Waals surface area contributed by atoms with Crippen molar-refractivity contribution < 1.29 is 0 Å². The van der Waals surface area contributed by atoms with Gasteiger partial charge in [0.25, 0.3) is 0 Å². The Labute approximate surface area is 177 Å². The van der Waals surface area contributed by atoms with E-state index in [1.165, 1.54) is 90.5 Å². The first-order valence-electron chi connectivity index (χ1n) is 11.7. The Balaban J connectivity index is 0.000000568. The second kappa shape index (κ2) is 10.5. The molecule has 2 aromatic carbocycles. The Morgan fingerprint density at radius 3 is 1.76 bits per heavy atom. The zero-order chi connectivity index (χ0) is 20.6. The van der Waals surface area contributed by atoms with Crippen molar-refractivity contribution in [2.75, 3.05) is 6.54 Å². The van der Waals surface area contributed by atoms with Crippen LogP contribution in [0.2, 0.25) is 0 Å². The van der Waals surface area contributed by atoms with Crippen LogP contribution in [0.5, 0.6) is 0 Å². The second-order valence-electron chi connectivity index (χ2n) is 7.50. The van der Waals surface area contributed by atoms with Gasteiger partial charge in [0.1, 0.15) is 0 Å². The van der Waals surface area contributed by atoms with Crippen LogP contribution in [-0.2, 0) is 25.7 Å². The molecule has 0 radical (unpaired) electrons. The van der Waals surface area contributed by atoms with Gasteiger partial charge in [0, 0.05) is 11.1 Å². The van der Waals surface area contributed by atoms with E-state index in [-0.39, 0.29) is 0 Å². The first kappa shape index (κ1) is 21.5. The second-order valence-corrected chi connectivity index (χ2v) is 7.50. The van der Waals surface area contributed by atoms with E-state index in [0.29, 0.717) is 0 Å². The number of amidine groups is 1. The fourth-order valence-corrected chi connectivity index (χ4v) is 4.68. The van der Waals surface area contributed by atoms with E-state index in [2.05, 4.69) is 36.4 Å². The van der Waals surface area contributed by atoms with Gasteiger partial charge in [-0.3, -0.25) is 4.99 Å². The highest BCUT2D eigenvalue weighted by Gasteiger charge is 2.22. The molecule has 0 unspecified atom stereocenters. The van der Waals surface area contributed by atoms with Crippen molar-refractivity contribution in [3.05, 3.63) is 69.8 Å². The SMILES string of the molecule is CC.CC.c1cc2c(c(C3=NC(c4cccc5c4CCCC5)=NC3)c1)CCCC2. The molecule has 0 bridgehead atoms. The summed E-state index contributed by atoms with van der Waals surface area (Å²) < 4.78 is 0. The van der Waals surface area contributed by atoms with Crippen molar-refractivity contribution in [3.8, 4) is 0 Å². The number of hydrogen-bond acceptors (Lipinski definition) is 2. The minimum Gasteiger partial charge on any atom is -0.260 e. The third-order valence-corrected chi connectivity index (χ3v) is 5.96. The molecule has 5 rings (SSSR count). The number of benzene rings is 2. The summed E-state index contributed by atoms with van der Waals surface area (Å²) in [5.74, 6) is 0.960. The summed E-state index contributed by atoms with van der Waals surface area (Å²) in [5, 5.41) is 0. The fraction of sp³-hybridized carbons (Fsp3) is 0.481. The molecule has 0 aromatic heterocycles. The Morgan fingerprint density at radius 1 is 0.621 bits per heavy atom. The highest BCUT2D eigenvalue weighted by Crippen LogP contribution is 2.29. The number of fused-ring (bicyclic) bond motifs is 2. The summed E-state index contributed by atoms with van der Waals surface area (Å²) in [7, 11) is 0. The van der Waals surface area contributed by atoms with Crippen LogP contribution in [0.15, 0.2) is 46.4 Å². The maximum Gasteiger partial charge on any atom is 0.155 e. The van der Waals surface area contributed by atoms with Crippen LogP contribution in [0.25, 0.3) is 0 Å². The third-order valence-electron chi connectivity index (χ3n) is 5.96. The van der Waals surface area contributed by atoms with E-state index >= 15 is 0 Å². The van der Waals surface area contributed by atoms with Gasteiger partial charge in [0.2, 0.25) is 0 Å². The lowest BCUT2D eigenvalue weighted by Crippen LogP contribution is -2.12. The van der Waals surface area contributed by atoms with Crippen LogP contribution in [0, 0.1) is 0 Å². The Bertz CT molecular complexity index is 889. The van der Waals surface area contributed by atoms with E-state index in [1.807, 2.05) is 27.7 Å². The normalized spacial score (nSPS) is 16.8. The van der Waals surface area contributed by atoms with E-state index in [1.54, 1.807) is 0 Å². The van der Waals surface area contributed by atoms with Gasteiger partial charge in [-0.25, -0.2) is 4.99 Å². The summed E-state index contributed by atoms with van der Waals surface area (Å²) in [6.07, 6.45) is 10.0. The molecule has 3 aliphatic rings. The topological polar surface area (TPSA) is 24.7 Å². The predicted molar refractivity (Wildman–Crippen MR) is 127 cm³/mol. The lowest BCUT2D eigenvalue weighted by molar-refractivity contribution is 0.684. The van der Waals surface area contributed by atoms with Crippen molar-refractivity contribution in [3.63, 3.8) is 0 Å². The zero-order valence-corrected chi connectivity index (χ0v) is 18.7. The first-order chi connectivity index (χ1) is 14.4. The van der Waals surface area contributed by atoms with Crippen LogP contribution < -0.4 is 0 Å². The molecule has 0 saturated heterocycles. The van der Waals surface area contributed by atoms with Crippen molar-refractivity contribution in [2.24, 2.45) is 9.98 Å². The number of aryl methyl sites for hydroxylation is 2. The molecule has 2 aromatic rings. The number of aliphatic imine (C=N–C) groups is 2. The van der Waals surface area contributed by atoms with Crippen molar-refractivity contribution >= 4 is 11.5 Å². The van der Waals surface area contributed by atoms with Gasteiger partial charge in [0.15, 0.2) is 5.84 Å². The Kier molecular flexibility index (Phi) is 7.80. The molecule has 29 heavy (non-hydrogen) atoms. The molecule has 0 N–H and O–H groups in total. The maximum absolute atomic E-state index is 5.01. The Morgan fingerprint density at radius 2 is 1.14 bits per heavy atom. The van der Waals surface area contributed by atoms with Gasteiger partial charge >= 0.3 is 0 Å². The zero-order valence-electron chi connectivity index (χ0n) is 18.7. The van der Waals surface area contributed by atoms with Crippen LogP contribution in [0.1, 0.15) is 86.8 Å². The molecular formula is C27H36N2. The monoisotopic (exact) mass is 388 g/mol. The molecule has 0 fully saturated rings. The summed E-state index contributed by atoms with van der Waals surface area (Å²) in [4.78, 5) is 9.85. The molecule has 0 spiro atoms. The minimum absolute atomic E-state index is 0.732. The summed E-state index contributed by atoms with van der Waals surface area (Å²) in [6.45, 7) is 8.73. The lowest BCUT2D eigenvalue weighted by Gasteiger charge is -2.19. The highest BCUT2D eigenvalue weighted by atomic mass is 15.0. The summed E-state index contributed by atoms with van der Waals surface area (Å²) in [6, 6.07) is 13.4. The van der Waals surface area contributed by atoms with E-state index in [9.17, 15) is 0 Å². The molecule has 0 amide bonds. The quantitative estimate of drug-likeness (QED) is 0.544. The molecule has 2 aliphatic carbocycles. The Hall–Kier alpha value is -2.22. The molecule has 2 nitrogen and oxygen atoms in total. The van der Waals surface area contributed by atoms with Crippen LogP contribution >= 0.6 is 0 Å².